The zero-order chi connectivity index (χ0) is 25.2. The summed E-state index contributed by atoms with van der Waals surface area (Å²) in [5.41, 5.74) is 5.58. The highest BCUT2D eigenvalue weighted by Crippen LogP contribution is 2.38. The van der Waals surface area contributed by atoms with Crippen LogP contribution in [0.15, 0.2) is 82.9 Å². The highest BCUT2D eigenvalue weighted by atomic mass is 32.2. The molecule has 0 saturated heterocycles. The van der Waals surface area contributed by atoms with Crippen molar-refractivity contribution in [1.82, 2.24) is 5.01 Å². The molecule has 182 valence electrons. The lowest BCUT2D eigenvalue weighted by molar-refractivity contribution is -0.121. The van der Waals surface area contributed by atoms with E-state index in [1.54, 1.807) is 17.1 Å². The highest BCUT2D eigenvalue weighted by molar-refractivity contribution is 8.15. The van der Waals surface area contributed by atoms with Crippen LogP contribution < -0.4 is 5.32 Å². The van der Waals surface area contributed by atoms with Gasteiger partial charge in [-0.3, -0.25) is 9.59 Å². The van der Waals surface area contributed by atoms with Gasteiger partial charge in [-0.05, 0) is 49.2 Å². The van der Waals surface area contributed by atoms with Crippen LogP contribution in [0.25, 0.3) is 0 Å². The van der Waals surface area contributed by atoms with Crippen molar-refractivity contribution < 1.29 is 14.0 Å². The van der Waals surface area contributed by atoms with Gasteiger partial charge >= 0.3 is 0 Å². The third-order valence-electron chi connectivity index (χ3n) is 6.18. The Balaban J connectivity index is 1.35. The van der Waals surface area contributed by atoms with Gasteiger partial charge in [-0.15, -0.1) is 0 Å². The van der Waals surface area contributed by atoms with Crippen molar-refractivity contribution in [2.24, 2.45) is 10.1 Å². The van der Waals surface area contributed by atoms with Gasteiger partial charge in [0.25, 0.3) is 5.91 Å². The van der Waals surface area contributed by atoms with E-state index in [0.717, 1.165) is 28.0 Å². The maximum absolute atomic E-state index is 13.5. The number of aryl methyl sites for hydroxylation is 2. The number of amidine groups is 1. The van der Waals surface area contributed by atoms with E-state index in [0.29, 0.717) is 17.3 Å². The summed E-state index contributed by atoms with van der Waals surface area (Å²) in [6, 6.07) is 21.7. The third kappa shape index (κ3) is 5.23. The number of aliphatic imine (C=N–C) groups is 1. The smallest absolute Gasteiger partial charge is 0.262 e. The molecule has 0 saturated carbocycles. The number of anilines is 1. The van der Waals surface area contributed by atoms with Gasteiger partial charge in [0.05, 0.1) is 11.8 Å². The molecule has 2 aliphatic heterocycles. The number of benzene rings is 3. The Morgan fingerprint density at radius 3 is 2.31 bits per heavy atom. The fraction of sp³-hybridized carbons (Fsp3) is 0.214. The summed E-state index contributed by atoms with van der Waals surface area (Å²) in [4.78, 5) is 29.6. The number of hydrogen-bond donors (Lipinski definition) is 1. The van der Waals surface area contributed by atoms with Crippen LogP contribution in [0.3, 0.4) is 0 Å². The monoisotopic (exact) mass is 500 g/mol. The number of thioether (sulfide) groups is 1. The molecule has 2 atom stereocenters. The van der Waals surface area contributed by atoms with Crippen molar-refractivity contribution in [3.63, 3.8) is 0 Å². The third-order valence-corrected chi connectivity index (χ3v) is 7.32. The first-order chi connectivity index (χ1) is 17.4. The number of hydrazone groups is 1. The lowest BCUT2D eigenvalue weighted by Gasteiger charge is -2.23. The van der Waals surface area contributed by atoms with Crippen molar-refractivity contribution in [3.8, 4) is 0 Å². The molecule has 2 amide bonds. The van der Waals surface area contributed by atoms with E-state index >= 15 is 0 Å². The number of halogens is 1. The molecule has 1 N–H and O–H groups in total. The standard InChI is InChI=1S/C28H25FN4O2S/c1-17-3-7-20(8-4-17)24-15-23(19-9-11-21(29)12-10-19)32-33(24)28-31-27(35)25(36-28)16-26(34)30-22-13-5-18(2)6-14-22/h3-14,24-25H,15-16H2,1-2H3,(H,30,34)/t24-,25-/m0/s1. The van der Waals surface area contributed by atoms with E-state index in [1.807, 2.05) is 62.4 Å². The van der Waals surface area contributed by atoms with Crippen LogP contribution in [0.2, 0.25) is 0 Å². The van der Waals surface area contributed by atoms with E-state index in [4.69, 9.17) is 5.10 Å². The lowest BCUT2D eigenvalue weighted by Crippen LogP contribution is -2.25. The zero-order valence-electron chi connectivity index (χ0n) is 19.9. The van der Waals surface area contributed by atoms with E-state index in [-0.39, 0.29) is 30.1 Å². The fourth-order valence-electron chi connectivity index (χ4n) is 4.17. The number of amides is 2. The number of hydrogen-bond acceptors (Lipinski definition) is 5. The first-order valence-corrected chi connectivity index (χ1v) is 12.6. The topological polar surface area (TPSA) is 74.1 Å². The van der Waals surface area contributed by atoms with Crippen LogP contribution in [-0.4, -0.2) is 33.0 Å². The van der Waals surface area contributed by atoms with Gasteiger partial charge in [0.2, 0.25) is 5.91 Å². The molecule has 36 heavy (non-hydrogen) atoms. The molecule has 0 unspecified atom stereocenters. The van der Waals surface area contributed by atoms with Crippen LogP contribution in [-0.2, 0) is 9.59 Å². The molecular weight excluding hydrogens is 475 g/mol. The van der Waals surface area contributed by atoms with Gasteiger partial charge in [0.1, 0.15) is 11.1 Å². The van der Waals surface area contributed by atoms with Crippen LogP contribution in [0.1, 0.15) is 41.1 Å². The Morgan fingerprint density at radius 2 is 1.64 bits per heavy atom. The average molecular weight is 501 g/mol. The largest absolute Gasteiger partial charge is 0.326 e. The first-order valence-electron chi connectivity index (χ1n) is 11.7. The van der Waals surface area contributed by atoms with E-state index in [1.165, 1.54) is 23.9 Å². The highest BCUT2D eigenvalue weighted by Gasteiger charge is 2.39. The molecule has 3 aromatic rings. The van der Waals surface area contributed by atoms with E-state index in [2.05, 4.69) is 10.3 Å². The average Bonchev–Trinajstić information content (AvgIpc) is 3.45. The van der Waals surface area contributed by atoms with Gasteiger partial charge < -0.3 is 5.32 Å². The van der Waals surface area contributed by atoms with Gasteiger partial charge in [-0.2, -0.15) is 10.1 Å². The summed E-state index contributed by atoms with van der Waals surface area (Å²) in [7, 11) is 0. The predicted molar refractivity (Wildman–Crippen MR) is 142 cm³/mol. The molecule has 0 radical (unpaired) electrons. The second-order valence-electron chi connectivity index (χ2n) is 8.99. The molecule has 6 nitrogen and oxygen atoms in total. The SMILES string of the molecule is Cc1ccc(NC(=O)C[C@@H]2SC(N3N=C(c4ccc(F)cc4)C[C@H]3c3ccc(C)cc3)=NC2=O)cc1. The first kappa shape index (κ1) is 23.9. The maximum Gasteiger partial charge on any atom is 0.262 e. The van der Waals surface area contributed by atoms with Gasteiger partial charge in [-0.1, -0.05) is 71.4 Å². The molecule has 8 heteroatoms. The summed E-state index contributed by atoms with van der Waals surface area (Å²) in [5, 5.41) is 9.26. The van der Waals surface area contributed by atoms with Gasteiger partial charge in [-0.25, -0.2) is 9.40 Å². The summed E-state index contributed by atoms with van der Waals surface area (Å²) < 4.78 is 13.5. The molecule has 0 fully saturated rings. The Labute approximate surface area is 213 Å². The quantitative estimate of drug-likeness (QED) is 0.493. The van der Waals surface area contributed by atoms with Gasteiger partial charge in [0.15, 0.2) is 5.17 Å². The summed E-state index contributed by atoms with van der Waals surface area (Å²) in [6.07, 6.45) is 0.600. The number of rotatable bonds is 5. The van der Waals surface area contributed by atoms with Gasteiger partial charge in [0, 0.05) is 18.5 Å². The molecule has 0 spiro atoms. The molecule has 0 aromatic heterocycles. The normalized spacial score (nSPS) is 19.3. The van der Waals surface area contributed by atoms with Crippen molar-refractivity contribution >= 4 is 40.1 Å². The second-order valence-corrected chi connectivity index (χ2v) is 10.2. The zero-order valence-corrected chi connectivity index (χ0v) is 20.8. The van der Waals surface area contributed by atoms with Crippen LogP contribution in [0, 0.1) is 19.7 Å². The summed E-state index contributed by atoms with van der Waals surface area (Å²) in [5.74, 6) is -0.896. The number of carbonyl (C=O) groups excluding carboxylic acids is 2. The van der Waals surface area contributed by atoms with Crippen molar-refractivity contribution in [2.75, 3.05) is 5.32 Å². The van der Waals surface area contributed by atoms with E-state index < -0.39 is 5.25 Å². The Morgan fingerprint density at radius 1 is 1.00 bits per heavy atom. The molecule has 5 rings (SSSR count). The maximum atomic E-state index is 13.5. The van der Waals surface area contributed by atoms with Crippen molar-refractivity contribution in [3.05, 3.63) is 101 Å². The van der Waals surface area contributed by atoms with Crippen LogP contribution in [0.5, 0.6) is 0 Å². The lowest BCUT2D eigenvalue weighted by atomic mass is 9.98. The molecule has 0 aliphatic carbocycles. The molecule has 2 heterocycles. The molecule has 3 aromatic carbocycles. The number of nitrogens with zero attached hydrogens (tertiary/aromatic N) is 3. The van der Waals surface area contributed by atoms with E-state index in [9.17, 15) is 14.0 Å². The minimum Gasteiger partial charge on any atom is -0.326 e. The Hall–Kier alpha value is -3.78. The Kier molecular flexibility index (Phi) is 6.69. The van der Waals surface area contributed by atoms with Crippen LogP contribution in [0.4, 0.5) is 10.1 Å². The minimum atomic E-state index is -0.616. The number of carbonyl (C=O) groups is 2. The van der Waals surface area contributed by atoms with Crippen LogP contribution >= 0.6 is 11.8 Å². The molecule has 2 aliphatic rings. The minimum absolute atomic E-state index is 0.0158. The summed E-state index contributed by atoms with van der Waals surface area (Å²) in [6.45, 7) is 4.00. The van der Waals surface area contributed by atoms with Crippen molar-refractivity contribution in [2.45, 2.75) is 38.0 Å². The number of nitrogens with one attached hydrogen (secondary N) is 1. The second kappa shape index (κ2) is 10.1. The predicted octanol–water partition coefficient (Wildman–Crippen LogP) is 5.62. The fourth-order valence-corrected chi connectivity index (χ4v) is 5.23. The molecule has 0 bridgehead atoms. The summed E-state index contributed by atoms with van der Waals surface area (Å²) >= 11 is 1.26. The molecular formula is C28H25FN4O2S. The van der Waals surface area contributed by atoms with Crippen molar-refractivity contribution in [1.29, 1.82) is 0 Å². The Bertz CT molecular complexity index is 1350.